The summed E-state index contributed by atoms with van der Waals surface area (Å²) in [6.07, 6.45) is 2.80. The van der Waals surface area contributed by atoms with Crippen LogP contribution in [0.1, 0.15) is 24.8 Å². The topological polar surface area (TPSA) is 47.6 Å². The first kappa shape index (κ1) is 14.8. The fourth-order valence-corrected chi connectivity index (χ4v) is 2.28. The zero-order valence-corrected chi connectivity index (χ0v) is 11.7. The van der Waals surface area contributed by atoms with Gasteiger partial charge in [0.25, 0.3) is 0 Å². The Morgan fingerprint density at radius 2 is 2.40 bits per heavy atom. The molecule has 1 aliphatic heterocycles. The van der Waals surface area contributed by atoms with E-state index in [9.17, 15) is 9.18 Å². The Labute approximate surface area is 118 Å². The molecule has 2 rings (SSSR count). The molecule has 1 amide bonds. The number of aryl methyl sites for hydroxylation is 1. The minimum atomic E-state index is -0.387. The van der Waals surface area contributed by atoms with Crippen LogP contribution in [0.25, 0.3) is 0 Å². The van der Waals surface area contributed by atoms with Gasteiger partial charge in [-0.05, 0) is 30.9 Å². The molecule has 5 heteroatoms. The molecule has 1 fully saturated rings. The molecule has 0 saturated carbocycles. The van der Waals surface area contributed by atoms with Gasteiger partial charge in [0.05, 0.1) is 13.2 Å². The maximum atomic E-state index is 13.9. The van der Waals surface area contributed by atoms with Crippen molar-refractivity contribution in [3.05, 3.63) is 29.6 Å². The van der Waals surface area contributed by atoms with Crippen molar-refractivity contribution in [2.75, 3.05) is 20.3 Å². The first-order chi connectivity index (χ1) is 9.70. The van der Waals surface area contributed by atoms with Gasteiger partial charge in [-0.1, -0.05) is 12.1 Å². The van der Waals surface area contributed by atoms with Crippen LogP contribution in [0.3, 0.4) is 0 Å². The van der Waals surface area contributed by atoms with Crippen molar-refractivity contribution in [3.63, 3.8) is 0 Å². The van der Waals surface area contributed by atoms with Crippen molar-refractivity contribution in [2.24, 2.45) is 0 Å². The number of rotatable bonds is 6. The highest BCUT2D eigenvalue weighted by atomic mass is 19.1. The second kappa shape index (κ2) is 7.24. The molecule has 1 saturated heterocycles. The maximum absolute atomic E-state index is 13.9. The number of hydrogen-bond acceptors (Lipinski definition) is 3. The minimum Gasteiger partial charge on any atom is -0.494 e. The van der Waals surface area contributed by atoms with Gasteiger partial charge < -0.3 is 14.8 Å². The molecule has 1 aromatic carbocycles. The standard InChI is InChI=1S/C15H20FNO3/c1-19-13-6-2-4-11(15(13)16)7-8-14(18)17-10-12-5-3-9-20-12/h2,4,6,12H,3,5,7-10H2,1H3,(H,17,18). The van der Waals surface area contributed by atoms with Crippen molar-refractivity contribution in [2.45, 2.75) is 31.8 Å². The van der Waals surface area contributed by atoms with E-state index in [1.54, 1.807) is 18.2 Å². The van der Waals surface area contributed by atoms with Crippen molar-refractivity contribution >= 4 is 5.91 Å². The van der Waals surface area contributed by atoms with E-state index >= 15 is 0 Å². The van der Waals surface area contributed by atoms with Gasteiger partial charge in [0.2, 0.25) is 5.91 Å². The van der Waals surface area contributed by atoms with E-state index in [2.05, 4.69) is 5.32 Å². The zero-order valence-electron chi connectivity index (χ0n) is 11.7. The van der Waals surface area contributed by atoms with Gasteiger partial charge in [-0.25, -0.2) is 4.39 Å². The molecule has 0 spiro atoms. The van der Waals surface area contributed by atoms with Crippen LogP contribution in [-0.4, -0.2) is 32.3 Å². The van der Waals surface area contributed by atoms with Crippen LogP contribution in [0, 0.1) is 5.82 Å². The Hall–Kier alpha value is -1.62. The Morgan fingerprint density at radius 3 is 3.10 bits per heavy atom. The molecule has 0 bridgehead atoms. The monoisotopic (exact) mass is 281 g/mol. The Morgan fingerprint density at radius 1 is 1.55 bits per heavy atom. The summed E-state index contributed by atoms with van der Waals surface area (Å²) in [6.45, 7) is 1.31. The largest absolute Gasteiger partial charge is 0.494 e. The van der Waals surface area contributed by atoms with Crippen LogP contribution >= 0.6 is 0 Å². The molecule has 110 valence electrons. The Bertz CT molecular complexity index is 458. The van der Waals surface area contributed by atoms with Crippen LogP contribution in [0.15, 0.2) is 18.2 Å². The van der Waals surface area contributed by atoms with Crippen LogP contribution < -0.4 is 10.1 Å². The van der Waals surface area contributed by atoms with Crippen molar-refractivity contribution in [1.82, 2.24) is 5.32 Å². The van der Waals surface area contributed by atoms with E-state index in [-0.39, 0.29) is 30.0 Å². The molecule has 1 N–H and O–H groups in total. The average Bonchev–Trinajstić information content (AvgIpc) is 2.97. The summed E-state index contributed by atoms with van der Waals surface area (Å²) in [5.74, 6) is -0.257. The van der Waals surface area contributed by atoms with Gasteiger partial charge in [0.15, 0.2) is 11.6 Å². The molecule has 1 atom stereocenters. The molecule has 4 nitrogen and oxygen atoms in total. The lowest BCUT2D eigenvalue weighted by Gasteiger charge is -2.11. The molecule has 0 aromatic heterocycles. The van der Waals surface area contributed by atoms with Crippen LogP contribution in [-0.2, 0) is 16.0 Å². The number of hydrogen-bond donors (Lipinski definition) is 1. The number of benzene rings is 1. The summed E-state index contributed by atoms with van der Waals surface area (Å²) >= 11 is 0. The maximum Gasteiger partial charge on any atom is 0.220 e. The Balaban J connectivity index is 1.78. The third-order valence-electron chi connectivity index (χ3n) is 3.44. The van der Waals surface area contributed by atoms with E-state index in [4.69, 9.17) is 9.47 Å². The summed E-state index contributed by atoms with van der Waals surface area (Å²) in [4.78, 5) is 11.7. The summed E-state index contributed by atoms with van der Waals surface area (Å²) in [6, 6.07) is 4.96. The predicted molar refractivity (Wildman–Crippen MR) is 73.3 cm³/mol. The molecular weight excluding hydrogens is 261 g/mol. The fourth-order valence-electron chi connectivity index (χ4n) is 2.28. The number of carbonyl (C=O) groups excluding carboxylic acids is 1. The van der Waals surface area contributed by atoms with E-state index in [1.165, 1.54) is 7.11 Å². The first-order valence-electron chi connectivity index (χ1n) is 6.90. The third-order valence-corrected chi connectivity index (χ3v) is 3.44. The van der Waals surface area contributed by atoms with E-state index in [0.29, 0.717) is 18.5 Å². The molecule has 20 heavy (non-hydrogen) atoms. The smallest absolute Gasteiger partial charge is 0.220 e. The average molecular weight is 281 g/mol. The lowest BCUT2D eigenvalue weighted by Crippen LogP contribution is -2.31. The molecule has 1 aliphatic rings. The second-order valence-corrected chi connectivity index (χ2v) is 4.87. The quantitative estimate of drug-likeness (QED) is 0.868. The van der Waals surface area contributed by atoms with Crippen molar-refractivity contribution in [3.8, 4) is 5.75 Å². The summed E-state index contributed by atoms with van der Waals surface area (Å²) in [5.41, 5.74) is 0.497. The molecule has 1 aromatic rings. The number of methoxy groups -OCH3 is 1. The third kappa shape index (κ3) is 3.93. The van der Waals surface area contributed by atoms with E-state index in [1.807, 2.05) is 0 Å². The normalized spacial score (nSPS) is 18.0. The number of ether oxygens (including phenoxy) is 2. The van der Waals surface area contributed by atoms with Crippen LogP contribution in [0.5, 0.6) is 5.75 Å². The second-order valence-electron chi connectivity index (χ2n) is 4.87. The molecule has 0 radical (unpaired) electrons. The van der Waals surface area contributed by atoms with Gasteiger partial charge in [0, 0.05) is 19.6 Å². The van der Waals surface area contributed by atoms with Gasteiger partial charge in [-0.3, -0.25) is 4.79 Å². The van der Waals surface area contributed by atoms with E-state index in [0.717, 1.165) is 19.4 Å². The number of nitrogens with one attached hydrogen (secondary N) is 1. The molecule has 0 aliphatic carbocycles. The Kier molecular flexibility index (Phi) is 5.35. The van der Waals surface area contributed by atoms with Crippen molar-refractivity contribution in [1.29, 1.82) is 0 Å². The summed E-state index contributed by atoms with van der Waals surface area (Å²) in [7, 11) is 1.43. The highest BCUT2D eigenvalue weighted by Crippen LogP contribution is 2.20. The highest BCUT2D eigenvalue weighted by molar-refractivity contribution is 5.76. The number of carbonyl (C=O) groups is 1. The van der Waals surface area contributed by atoms with Crippen molar-refractivity contribution < 1.29 is 18.7 Å². The number of amides is 1. The lowest BCUT2D eigenvalue weighted by molar-refractivity contribution is -0.121. The minimum absolute atomic E-state index is 0.0808. The van der Waals surface area contributed by atoms with E-state index < -0.39 is 0 Å². The molecule has 1 unspecified atom stereocenters. The zero-order chi connectivity index (χ0) is 14.4. The van der Waals surface area contributed by atoms with Gasteiger partial charge in [-0.15, -0.1) is 0 Å². The van der Waals surface area contributed by atoms with Gasteiger partial charge in [-0.2, -0.15) is 0 Å². The summed E-state index contributed by atoms with van der Waals surface area (Å²) in [5, 5.41) is 2.83. The SMILES string of the molecule is COc1cccc(CCC(=O)NCC2CCCO2)c1F. The lowest BCUT2D eigenvalue weighted by atomic mass is 10.1. The van der Waals surface area contributed by atoms with Gasteiger partial charge >= 0.3 is 0 Å². The highest BCUT2D eigenvalue weighted by Gasteiger charge is 2.16. The molecule has 1 heterocycles. The predicted octanol–water partition coefficient (Wildman–Crippen LogP) is 2.06. The van der Waals surface area contributed by atoms with Crippen LogP contribution in [0.4, 0.5) is 4.39 Å². The fraction of sp³-hybridized carbons (Fsp3) is 0.533. The van der Waals surface area contributed by atoms with Gasteiger partial charge in [0.1, 0.15) is 0 Å². The molecular formula is C15H20FNO3. The number of halogens is 1. The summed E-state index contributed by atoms with van der Waals surface area (Å²) < 4.78 is 24.2. The first-order valence-corrected chi connectivity index (χ1v) is 6.90. The van der Waals surface area contributed by atoms with Crippen LogP contribution in [0.2, 0.25) is 0 Å².